The van der Waals surface area contributed by atoms with Gasteiger partial charge in [-0.05, 0) is 62.9 Å². The van der Waals surface area contributed by atoms with Crippen LogP contribution in [0.25, 0.3) is 0 Å². The van der Waals surface area contributed by atoms with Crippen LogP contribution < -0.4 is 5.73 Å². The number of nitrogens with two attached hydrogens (primary N) is 1. The van der Waals surface area contributed by atoms with Crippen LogP contribution in [0.3, 0.4) is 0 Å². The Morgan fingerprint density at radius 2 is 1.71 bits per heavy atom. The summed E-state index contributed by atoms with van der Waals surface area (Å²) in [5.74, 6) is 0.290. The Morgan fingerprint density at radius 3 is 2.33 bits per heavy atom. The van der Waals surface area contributed by atoms with Gasteiger partial charge < -0.3 is 20.6 Å². The molecule has 1 atom stereocenters. The summed E-state index contributed by atoms with van der Waals surface area (Å²) >= 11 is 0. The van der Waals surface area contributed by atoms with Crippen molar-refractivity contribution in [3.8, 4) is 5.75 Å². The Bertz CT molecular complexity index is 532. The maximum Gasteiger partial charge on any atom is 0.239 e. The highest BCUT2D eigenvalue weighted by Gasteiger charge is 2.29. The van der Waals surface area contributed by atoms with Crippen molar-refractivity contribution in [2.75, 3.05) is 26.2 Å². The molecule has 0 unspecified atom stereocenters. The van der Waals surface area contributed by atoms with Gasteiger partial charge in [-0.3, -0.25) is 4.79 Å². The third kappa shape index (κ3) is 4.28. The predicted octanol–water partition coefficient (Wildman–Crippen LogP) is 1.74. The van der Waals surface area contributed by atoms with Crippen molar-refractivity contribution in [2.24, 2.45) is 5.73 Å². The van der Waals surface area contributed by atoms with Gasteiger partial charge in [-0.15, -0.1) is 0 Å². The first-order chi connectivity index (χ1) is 11.6. The lowest BCUT2D eigenvalue weighted by molar-refractivity contribution is -0.134. The summed E-state index contributed by atoms with van der Waals surface area (Å²) in [4.78, 5) is 17.1. The Kier molecular flexibility index (Phi) is 5.74. The molecule has 2 heterocycles. The van der Waals surface area contributed by atoms with Gasteiger partial charge in [0.2, 0.25) is 5.91 Å². The van der Waals surface area contributed by atoms with Crippen LogP contribution in [-0.4, -0.2) is 59.1 Å². The average molecular weight is 331 g/mol. The number of likely N-dealkylation sites (tertiary alicyclic amines) is 2. The van der Waals surface area contributed by atoms with E-state index in [-0.39, 0.29) is 11.7 Å². The fourth-order valence-electron chi connectivity index (χ4n) is 3.94. The zero-order valence-corrected chi connectivity index (χ0v) is 14.4. The number of nitrogens with zero attached hydrogens (tertiary/aromatic N) is 2. The van der Waals surface area contributed by atoms with E-state index in [9.17, 15) is 9.90 Å². The molecule has 1 aromatic carbocycles. The van der Waals surface area contributed by atoms with Crippen LogP contribution in [0.15, 0.2) is 24.3 Å². The maximum atomic E-state index is 12.6. The molecule has 1 amide bonds. The van der Waals surface area contributed by atoms with Crippen molar-refractivity contribution in [1.29, 1.82) is 0 Å². The normalized spacial score (nSPS) is 21.6. The standard InChI is InChI=1S/C19H29N3O2/c20-18(14-15-4-6-17(23)7-5-15)19(24)22-12-8-16(9-13-22)21-10-2-1-3-11-21/h4-7,16,18,23H,1-3,8-14,20H2/t18-/m1/s1. The molecule has 0 bridgehead atoms. The van der Waals surface area contributed by atoms with Crippen molar-refractivity contribution < 1.29 is 9.90 Å². The summed E-state index contributed by atoms with van der Waals surface area (Å²) in [5, 5.41) is 9.33. The molecule has 2 aliphatic rings. The zero-order chi connectivity index (χ0) is 16.9. The van der Waals surface area contributed by atoms with Crippen LogP contribution in [0.4, 0.5) is 0 Å². The van der Waals surface area contributed by atoms with Crippen molar-refractivity contribution in [3.63, 3.8) is 0 Å². The number of aromatic hydroxyl groups is 1. The van der Waals surface area contributed by atoms with Gasteiger partial charge in [-0.25, -0.2) is 0 Å². The van der Waals surface area contributed by atoms with Crippen molar-refractivity contribution in [1.82, 2.24) is 9.80 Å². The number of carbonyl (C=O) groups is 1. The lowest BCUT2D eigenvalue weighted by Crippen LogP contribution is -2.52. The molecule has 2 fully saturated rings. The smallest absolute Gasteiger partial charge is 0.239 e. The fraction of sp³-hybridized carbons (Fsp3) is 0.632. The molecule has 2 saturated heterocycles. The Labute approximate surface area is 144 Å². The van der Waals surface area contributed by atoms with Gasteiger partial charge in [0, 0.05) is 19.1 Å². The Balaban J connectivity index is 1.48. The van der Waals surface area contributed by atoms with E-state index in [4.69, 9.17) is 5.73 Å². The minimum absolute atomic E-state index is 0.0557. The number of hydrogen-bond donors (Lipinski definition) is 2. The number of benzene rings is 1. The molecule has 0 radical (unpaired) electrons. The molecular formula is C19H29N3O2. The molecule has 0 saturated carbocycles. The summed E-state index contributed by atoms with van der Waals surface area (Å²) in [6.45, 7) is 4.09. The Morgan fingerprint density at radius 1 is 1.08 bits per heavy atom. The van der Waals surface area contributed by atoms with Gasteiger partial charge in [-0.2, -0.15) is 0 Å². The van der Waals surface area contributed by atoms with Gasteiger partial charge in [0.1, 0.15) is 5.75 Å². The van der Waals surface area contributed by atoms with Crippen LogP contribution in [0, 0.1) is 0 Å². The molecule has 2 aliphatic heterocycles. The lowest BCUT2D eigenvalue weighted by atomic mass is 9.98. The molecule has 24 heavy (non-hydrogen) atoms. The number of hydrogen-bond acceptors (Lipinski definition) is 4. The van der Waals surface area contributed by atoms with E-state index in [2.05, 4.69) is 4.90 Å². The van der Waals surface area contributed by atoms with Gasteiger partial charge in [0.25, 0.3) is 0 Å². The summed E-state index contributed by atoms with van der Waals surface area (Å²) in [6.07, 6.45) is 6.65. The predicted molar refractivity (Wildman–Crippen MR) is 94.8 cm³/mol. The van der Waals surface area contributed by atoms with Crippen LogP contribution >= 0.6 is 0 Å². The second-order valence-electron chi connectivity index (χ2n) is 7.13. The van der Waals surface area contributed by atoms with Crippen LogP contribution in [0.5, 0.6) is 5.75 Å². The van der Waals surface area contributed by atoms with E-state index < -0.39 is 6.04 Å². The van der Waals surface area contributed by atoms with Crippen LogP contribution in [0.2, 0.25) is 0 Å². The number of amides is 1. The number of piperidine rings is 2. The molecule has 1 aromatic rings. The van der Waals surface area contributed by atoms with E-state index in [1.165, 1.54) is 32.4 Å². The zero-order valence-electron chi connectivity index (χ0n) is 14.4. The monoisotopic (exact) mass is 331 g/mol. The molecule has 3 N–H and O–H groups in total. The van der Waals surface area contributed by atoms with Gasteiger partial charge in [0.05, 0.1) is 6.04 Å². The second kappa shape index (κ2) is 7.99. The highest BCUT2D eigenvalue weighted by atomic mass is 16.3. The number of rotatable bonds is 4. The first kappa shape index (κ1) is 17.2. The number of phenols is 1. The molecule has 5 heteroatoms. The molecular weight excluding hydrogens is 302 g/mol. The summed E-state index contributed by atoms with van der Waals surface area (Å²) < 4.78 is 0. The van der Waals surface area contributed by atoms with Crippen LogP contribution in [0.1, 0.15) is 37.7 Å². The lowest BCUT2D eigenvalue weighted by Gasteiger charge is -2.40. The summed E-state index contributed by atoms with van der Waals surface area (Å²) in [7, 11) is 0. The quantitative estimate of drug-likeness (QED) is 0.882. The summed E-state index contributed by atoms with van der Waals surface area (Å²) in [6, 6.07) is 7.06. The van der Waals surface area contributed by atoms with Gasteiger partial charge in [-0.1, -0.05) is 18.6 Å². The minimum atomic E-state index is -0.499. The fourth-order valence-corrected chi connectivity index (χ4v) is 3.94. The average Bonchev–Trinajstić information content (AvgIpc) is 2.64. The summed E-state index contributed by atoms with van der Waals surface area (Å²) in [5.41, 5.74) is 7.11. The molecule has 0 aromatic heterocycles. The van der Waals surface area contributed by atoms with Crippen molar-refractivity contribution in [2.45, 2.75) is 50.6 Å². The molecule has 5 nitrogen and oxygen atoms in total. The number of phenolic OH excluding ortho intramolecular Hbond substituents is 1. The third-order valence-corrected chi connectivity index (χ3v) is 5.39. The Hall–Kier alpha value is -1.59. The van der Waals surface area contributed by atoms with E-state index in [0.717, 1.165) is 31.5 Å². The largest absolute Gasteiger partial charge is 0.508 e. The van der Waals surface area contributed by atoms with Crippen molar-refractivity contribution >= 4 is 5.91 Å². The van der Waals surface area contributed by atoms with Crippen molar-refractivity contribution in [3.05, 3.63) is 29.8 Å². The molecule has 3 rings (SSSR count). The van der Waals surface area contributed by atoms with E-state index in [0.29, 0.717) is 12.5 Å². The SMILES string of the molecule is N[C@H](Cc1ccc(O)cc1)C(=O)N1CCC(N2CCCCC2)CC1. The first-order valence-corrected chi connectivity index (χ1v) is 9.20. The molecule has 0 aliphatic carbocycles. The first-order valence-electron chi connectivity index (χ1n) is 9.20. The molecule has 0 spiro atoms. The van der Waals surface area contributed by atoms with E-state index >= 15 is 0 Å². The minimum Gasteiger partial charge on any atom is -0.508 e. The maximum absolute atomic E-state index is 12.6. The second-order valence-corrected chi connectivity index (χ2v) is 7.13. The third-order valence-electron chi connectivity index (χ3n) is 5.39. The highest BCUT2D eigenvalue weighted by Crippen LogP contribution is 2.21. The van der Waals surface area contributed by atoms with Crippen LogP contribution in [-0.2, 0) is 11.2 Å². The van der Waals surface area contributed by atoms with E-state index in [1.807, 2.05) is 17.0 Å². The highest BCUT2D eigenvalue weighted by molar-refractivity contribution is 5.82. The van der Waals surface area contributed by atoms with Gasteiger partial charge in [0.15, 0.2) is 0 Å². The topological polar surface area (TPSA) is 69.8 Å². The van der Waals surface area contributed by atoms with Gasteiger partial charge >= 0.3 is 0 Å². The van der Waals surface area contributed by atoms with E-state index in [1.54, 1.807) is 12.1 Å². The number of carbonyl (C=O) groups excluding carboxylic acids is 1. The molecule has 132 valence electrons.